The highest BCUT2D eigenvalue weighted by Gasteiger charge is 2.35. The standard InChI is InChI=1S/C24H32N2O5S/c1-29-23-11-10-22(16-24(23)30-2)32(27,28)26(21-4-3-5-21)18-20-8-6-19(7-9-20)17-25-12-14-31-15-13-25/h6-11,16,21H,3-5,12-15,17-18H2,1-2H3. The van der Waals surface area contributed by atoms with E-state index in [1.165, 1.54) is 19.8 Å². The highest BCUT2D eigenvalue weighted by molar-refractivity contribution is 7.89. The number of benzene rings is 2. The first-order valence-electron chi connectivity index (χ1n) is 11.1. The van der Waals surface area contributed by atoms with Gasteiger partial charge >= 0.3 is 0 Å². The average molecular weight is 461 g/mol. The lowest BCUT2D eigenvalue weighted by Gasteiger charge is -2.36. The van der Waals surface area contributed by atoms with Crippen molar-refractivity contribution in [3.05, 3.63) is 53.6 Å². The predicted molar refractivity (Wildman–Crippen MR) is 122 cm³/mol. The van der Waals surface area contributed by atoms with Crippen molar-refractivity contribution >= 4 is 10.0 Å². The predicted octanol–water partition coefficient (Wildman–Crippen LogP) is 3.28. The number of rotatable bonds is 9. The van der Waals surface area contributed by atoms with Crippen molar-refractivity contribution in [1.82, 2.24) is 9.21 Å². The summed E-state index contributed by atoms with van der Waals surface area (Å²) >= 11 is 0. The Bertz CT molecular complexity index is 1000. The maximum Gasteiger partial charge on any atom is 0.243 e. The summed E-state index contributed by atoms with van der Waals surface area (Å²) in [5.74, 6) is 0.923. The van der Waals surface area contributed by atoms with Crippen LogP contribution in [0.2, 0.25) is 0 Å². The molecule has 1 aliphatic heterocycles. The van der Waals surface area contributed by atoms with Crippen LogP contribution in [0.1, 0.15) is 30.4 Å². The first-order chi connectivity index (χ1) is 15.5. The van der Waals surface area contributed by atoms with Gasteiger partial charge in [0, 0.05) is 38.3 Å². The molecule has 0 N–H and O–H groups in total. The molecule has 1 aliphatic carbocycles. The molecule has 1 saturated carbocycles. The summed E-state index contributed by atoms with van der Waals surface area (Å²) in [4.78, 5) is 2.60. The van der Waals surface area contributed by atoms with Crippen molar-refractivity contribution in [1.29, 1.82) is 0 Å². The fourth-order valence-corrected chi connectivity index (χ4v) is 5.83. The number of nitrogens with zero attached hydrogens (tertiary/aromatic N) is 2. The van der Waals surface area contributed by atoms with Gasteiger partial charge in [-0.3, -0.25) is 4.90 Å². The molecule has 1 heterocycles. The van der Waals surface area contributed by atoms with Gasteiger partial charge in [-0.1, -0.05) is 30.7 Å². The van der Waals surface area contributed by atoms with Gasteiger partial charge in [0.2, 0.25) is 10.0 Å². The van der Waals surface area contributed by atoms with E-state index in [0.29, 0.717) is 18.0 Å². The highest BCUT2D eigenvalue weighted by atomic mass is 32.2. The van der Waals surface area contributed by atoms with Gasteiger partial charge in [0.05, 0.1) is 32.3 Å². The second kappa shape index (κ2) is 10.2. The normalized spacial score (nSPS) is 17.8. The molecule has 0 unspecified atom stereocenters. The Labute approximate surface area is 190 Å². The van der Waals surface area contributed by atoms with Gasteiger partial charge in [0.15, 0.2) is 11.5 Å². The van der Waals surface area contributed by atoms with E-state index in [2.05, 4.69) is 17.0 Å². The zero-order valence-corrected chi connectivity index (χ0v) is 19.6. The Morgan fingerprint density at radius 1 is 0.969 bits per heavy atom. The Morgan fingerprint density at radius 3 is 2.22 bits per heavy atom. The van der Waals surface area contributed by atoms with Crippen LogP contribution in [0.5, 0.6) is 11.5 Å². The lowest BCUT2D eigenvalue weighted by molar-refractivity contribution is 0.0342. The van der Waals surface area contributed by atoms with Gasteiger partial charge in [0.1, 0.15) is 0 Å². The second-order valence-electron chi connectivity index (χ2n) is 8.36. The van der Waals surface area contributed by atoms with Crippen molar-refractivity contribution in [3.63, 3.8) is 0 Å². The summed E-state index contributed by atoms with van der Waals surface area (Å²) in [6.45, 7) is 4.70. The summed E-state index contributed by atoms with van der Waals surface area (Å²) < 4.78 is 44.8. The Kier molecular flexibility index (Phi) is 7.35. The van der Waals surface area contributed by atoms with Crippen molar-refractivity contribution in [3.8, 4) is 11.5 Å². The van der Waals surface area contributed by atoms with Gasteiger partial charge in [0.25, 0.3) is 0 Å². The van der Waals surface area contributed by atoms with E-state index in [1.807, 2.05) is 12.1 Å². The topological polar surface area (TPSA) is 68.3 Å². The smallest absolute Gasteiger partial charge is 0.243 e. The van der Waals surface area contributed by atoms with Crippen LogP contribution in [0.15, 0.2) is 47.4 Å². The fraction of sp³-hybridized carbons (Fsp3) is 0.500. The van der Waals surface area contributed by atoms with Crippen LogP contribution in [-0.2, 0) is 27.8 Å². The van der Waals surface area contributed by atoms with Crippen molar-refractivity contribution in [2.45, 2.75) is 43.3 Å². The molecule has 0 radical (unpaired) electrons. The van der Waals surface area contributed by atoms with Crippen LogP contribution in [0.25, 0.3) is 0 Å². The van der Waals surface area contributed by atoms with Crippen LogP contribution >= 0.6 is 0 Å². The summed E-state index contributed by atoms with van der Waals surface area (Å²) in [6, 6.07) is 13.1. The molecule has 1 saturated heterocycles. The minimum Gasteiger partial charge on any atom is -0.493 e. The lowest BCUT2D eigenvalue weighted by Crippen LogP contribution is -2.43. The molecule has 174 valence electrons. The molecule has 32 heavy (non-hydrogen) atoms. The first-order valence-corrected chi connectivity index (χ1v) is 12.6. The van der Waals surface area contributed by atoms with E-state index in [0.717, 1.165) is 57.7 Å². The molecule has 0 atom stereocenters. The molecule has 2 fully saturated rings. The number of sulfonamides is 1. The van der Waals surface area contributed by atoms with E-state index < -0.39 is 10.0 Å². The number of hydrogen-bond acceptors (Lipinski definition) is 6. The maximum absolute atomic E-state index is 13.6. The second-order valence-corrected chi connectivity index (χ2v) is 10.2. The molecule has 0 aromatic heterocycles. The average Bonchev–Trinajstić information content (AvgIpc) is 2.78. The zero-order chi connectivity index (χ0) is 22.6. The van der Waals surface area contributed by atoms with E-state index in [1.54, 1.807) is 22.5 Å². The van der Waals surface area contributed by atoms with Gasteiger partial charge in [-0.25, -0.2) is 8.42 Å². The Morgan fingerprint density at radius 2 is 1.62 bits per heavy atom. The molecule has 4 rings (SSSR count). The highest BCUT2D eigenvalue weighted by Crippen LogP contribution is 2.35. The van der Waals surface area contributed by atoms with Crippen molar-refractivity contribution in [2.24, 2.45) is 0 Å². The third kappa shape index (κ3) is 5.09. The van der Waals surface area contributed by atoms with Crippen LogP contribution in [0, 0.1) is 0 Å². The van der Waals surface area contributed by atoms with Crippen LogP contribution in [0.3, 0.4) is 0 Å². The summed E-state index contributed by atoms with van der Waals surface area (Å²) in [6.07, 6.45) is 2.84. The summed E-state index contributed by atoms with van der Waals surface area (Å²) in [5.41, 5.74) is 2.22. The first kappa shape index (κ1) is 23.0. The number of ether oxygens (including phenoxy) is 3. The molecular formula is C24H32N2O5S. The summed E-state index contributed by atoms with van der Waals surface area (Å²) in [5, 5.41) is 0. The Hall–Kier alpha value is -2.13. The Balaban J connectivity index is 1.52. The van der Waals surface area contributed by atoms with E-state index in [9.17, 15) is 8.42 Å². The molecule has 0 bridgehead atoms. The third-order valence-electron chi connectivity index (χ3n) is 6.31. The van der Waals surface area contributed by atoms with Gasteiger partial charge in [-0.05, 0) is 36.1 Å². The molecule has 2 aromatic carbocycles. The van der Waals surface area contributed by atoms with Crippen LogP contribution in [-0.4, -0.2) is 64.2 Å². The molecule has 0 amide bonds. The zero-order valence-electron chi connectivity index (χ0n) is 18.8. The minimum atomic E-state index is -3.67. The SMILES string of the molecule is COc1ccc(S(=O)(=O)N(Cc2ccc(CN3CCOCC3)cc2)C2CCC2)cc1OC. The van der Waals surface area contributed by atoms with E-state index in [4.69, 9.17) is 14.2 Å². The van der Waals surface area contributed by atoms with E-state index >= 15 is 0 Å². The molecule has 0 spiro atoms. The number of hydrogen-bond donors (Lipinski definition) is 0. The molecule has 2 aliphatic rings. The van der Waals surface area contributed by atoms with E-state index in [-0.39, 0.29) is 10.9 Å². The van der Waals surface area contributed by atoms with Crippen molar-refractivity contribution in [2.75, 3.05) is 40.5 Å². The molecular weight excluding hydrogens is 428 g/mol. The number of methoxy groups -OCH3 is 2. The van der Waals surface area contributed by atoms with Crippen LogP contribution in [0.4, 0.5) is 0 Å². The third-order valence-corrected chi connectivity index (χ3v) is 8.21. The van der Waals surface area contributed by atoms with Crippen molar-refractivity contribution < 1.29 is 22.6 Å². The molecule has 2 aromatic rings. The van der Waals surface area contributed by atoms with Crippen LogP contribution < -0.4 is 9.47 Å². The quantitative estimate of drug-likeness (QED) is 0.572. The van der Waals surface area contributed by atoms with Gasteiger partial charge in [-0.2, -0.15) is 4.31 Å². The molecule has 7 nitrogen and oxygen atoms in total. The lowest BCUT2D eigenvalue weighted by atomic mass is 9.93. The maximum atomic E-state index is 13.6. The largest absolute Gasteiger partial charge is 0.493 e. The number of morpholine rings is 1. The minimum absolute atomic E-state index is 0.0288. The van der Waals surface area contributed by atoms with Gasteiger partial charge in [-0.15, -0.1) is 0 Å². The molecule has 8 heteroatoms. The summed E-state index contributed by atoms with van der Waals surface area (Å²) in [7, 11) is -0.627. The van der Waals surface area contributed by atoms with Gasteiger partial charge < -0.3 is 14.2 Å². The fourth-order valence-electron chi connectivity index (χ4n) is 4.14. The monoisotopic (exact) mass is 460 g/mol.